The second-order valence-corrected chi connectivity index (χ2v) is 6.26. The molecule has 17 heavy (non-hydrogen) atoms. The Hall–Kier alpha value is -0.680. The molecular weight excluding hydrogens is 232 g/mol. The largest absolute Gasteiger partial charge is 0.342 e. The highest BCUT2D eigenvalue weighted by Crippen LogP contribution is 2.40. The van der Waals surface area contributed by atoms with Crippen LogP contribution in [0.15, 0.2) is 0 Å². The molecular formula is C12H18N4S. The minimum Gasteiger partial charge on any atom is -0.342 e. The Labute approximate surface area is 106 Å². The number of nitrogens with one attached hydrogen (secondary N) is 1. The summed E-state index contributed by atoms with van der Waals surface area (Å²) in [6.45, 7) is 3.49. The minimum absolute atomic E-state index is 0.670. The van der Waals surface area contributed by atoms with Gasteiger partial charge in [-0.15, -0.1) is 0 Å². The van der Waals surface area contributed by atoms with Gasteiger partial charge in [0.15, 0.2) is 0 Å². The van der Waals surface area contributed by atoms with Gasteiger partial charge >= 0.3 is 0 Å². The van der Waals surface area contributed by atoms with Crippen molar-refractivity contribution < 1.29 is 0 Å². The van der Waals surface area contributed by atoms with Crippen LogP contribution in [0.2, 0.25) is 0 Å². The highest BCUT2D eigenvalue weighted by molar-refractivity contribution is 7.09. The summed E-state index contributed by atoms with van der Waals surface area (Å²) in [5.41, 5.74) is 0. The summed E-state index contributed by atoms with van der Waals surface area (Å²) in [6.07, 6.45) is 5.28. The molecule has 0 bridgehead atoms. The third kappa shape index (κ3) is 1.76. The van der Waals surface area contributed by atoms with E-state index in [2.05, 4.69) is 14.6 Å². The van der Waals surface area contributed by atoms with Crippen LogP contribution >= 0.6 is 11.5 Å². The molecule has 1 aliphatic carbocycles. The summed E-state index contributed by atoms with van der Waals surface area (Å²) in [5, 5.41) is 4.69. The third-order valence-electron chi connectivity index (χ3n) is 4.30. The molecule has 0 spiro atoms. The Morgan fingerprint density at radius 1 is 1.24 bits per heavy atom. The average molecular weight is 250 g/mol. The summed E-state index contributed by atoms with van der Waals surface area (Å²) in [7, 11) is 0. The summed E-state index contributed by atoms with van der Waals surface area (Å²) in [6, 6.07) is 0.670. The number of hydrogen-bond donors (Lipinski definition) is 1. The fourth-order valence-corrected chi connectivity index (χ4v) is 3.99. The van der Waals surface area contributed by atoms with Crippen molar-refractivity contribution in [2.75, 3.05) is 24.5 Å². The molecule has 3 aliphatic rings. The fourth-order valence-electron chi connectivity index (χ4n) is 3.16. The summed E-state index contributed by atoms with van der Waals surface area (Å²) < 4.78 is 4.54. The molecule has 0 radical (unpaired) electrons. The van der Waals surface area contributed by atoms with Gasteiger partial charge in [-0.25, -0.2) is 4.98 Å². The molecule has 1 N–H and O–H groups in total. The van der Waals surface area contributed by atoms with Gasteiger partial charge in [-0.05, 0) is 31.6 Å². The zero-order chi connectivity index (χ0) is 11.2. The van der Waals surface area contributed by atoms with E-state index in [1.54, 1.807) is 11.5 Å². The first-order chi connectivity index (χ1) is 8.42. The predicted molar refractivity (Wildman–Crippen MR) is 68.6 cm³/mol. The molecule has 3 fully saturated rings. The number of hydrogen-bond acceptors (Lipinski definition) is 5. The van der Waals surface area contributed by atoms with E-state index in [0.717, 1.165) is 18.3 Å². The van der Waals surface area contributed by atoms with E-state index in [4.69, 9.17) is 4.98 Å². The second-order valence-electron chi connectivity index (χ2n) is 5.53. The number of piperidine rings is 1. The molecule has 0 aromatic carbocycles. The monoisotopic (exact) mass is 250 g/mol. The van der Waals surface area contributed by atoms with Crippen LogP contribution in [0.25, 0.3) is 0 Å². The highest BCUT2D eigenvalue weighted by Gasteiger charge is 2.37. The molecule has 4 rings (SSSR count). The van der Waals surface area contributed by atoms with Crippen molar-refractivity contribution in [3.05, 3.63) is 5.82 Å². The fraction of sp³-hybridized carbons (Fsp3) is 0.833. The molecule has 2 unspecified atom stereocenters. The van der Waals surface area contributed by atoms with Crippen LogP contribution in [0.1, 0.15) is 37.4 Å². The lowest BCUT2D eigenvalue weighted by Crippen LogP contribution is -2.45. The van der Waals surface area contributed by atoms with Gasteiger partial charge in [0.05, 0.1) is 0 Å². The lowest BCUT2D eigenvalue weighted by Gasteiger charge is -2.36. The Kier molecular flexibility index (Phi) is 2.36. The summed E-state index contributed by atoms with van der Waals surface area (Å²) in [5.74, 6) is 2.62. The lowest BCUT2D eigenvalue weighted by molar-refractivity contribution is 0.385. The zero-order valence-corrected chi connectivity index (χ0v) is 10.7. The molecule has 5 heteroatoms. The van der Waals surface area contributed by atoms with E-state index < -0.39 is 0 Å². The van der Waals surface area contributed by atoms with Crippen molar-refractivity contribution in [3.8, 4) is 0 Å². The van der Waals surface area contributed by atoms with Gasteiger partial charge in [0.2, 0.25) is 5.13 Å². The van der Waals surface area contributed by atoms with E-state index in [1.165, 1.54) is 43.9 Å². The number of aromatic nitrogens is 2. The van der Waals surface area contributed by atoms with Gasteiger partial charge in [0.25, 0.3) is 0 Å². The predicted octanol–water partition coefficient (Wildman–Crippen LogP) is 1.60. The highest BCUT2D eigenvalue weighted by atomic mass is 32.1. The Bertz CT molecular complexity index is 414. The van der Waals surface area contributed by atoms with Crippen LogP contribution < -0.4 is 10.2 Å². The van der Waals surface area contributed by atoms with E-state index in [-0.39, 0.29) is 0 Å². The minimum atomic E-state index is 0.670. The summed E-state index contributed by atoms with van der Waals surface area (Å²) >= 11 is 1.61. The van der Waals surface area contributed by atoms with Gasteiger partial charge < -0.3 is 10.2 Å². The zero-order valence-electron chi connectivity index (χ0n) is 9.93. The van der Waals surface area contributed by atoms with Crippen molar-refractivity contribution in [1.29, 1.82) is 0 Å². The van der Waals surface area contributed by atoms with Gasteiger partial charge in [0.1, 0.15) is 5.82 Å². The van der Waals surface area contributed by atoms with Crippen molar-refractivity contribution in [2.24, 2.45) is 5.92 Å². The van der Waals surface area contributed by atoms with E-state index in [1.807, 2.05) is 0 Å². The summed E-state index contributed by atoms with van der Waals surface area (Å²) in [4.78, 5) is 7.27. The van der Waals surface area contributed by atoms with Crippen molar-refractivity contribution >= 4 is 16.7 Å². The van der Waals surface area contributed by atoms with Crippen LogP contribution in [-0.2, 0) is 0 Å². The van der Waals surface area contributed by atoms with Crippen LogP contribution in [0.3, 0.4) is 0 Å². The Balaban J connectivity index is 1.58. The molecule has 3 heterocycles. The first-order valence-electron chi connectivity index (χ1n) is 6.73. The van der Waals surface area contributed by atoms with Crippen LogP contribution in [0.5, 0.6) is 0 Å². The molecule has 4 nitrogen and oxygen atoms in total. The standard InChI is InChI=1S/C12H18N4S/c1-2-9-6-13-7-10(9)16(5-1)12-14-11(15-17-12)8-3-4-8/h8-10,13H,1-7H2. The number of nitrogens with zero attached hydrogens (tertiary/aromatic N) is 3. The van der Waals surface area contributed by atoms with Crippen LogP contribution in [0, 0.1) is 5.92 Å². The first-order valence-corrected chi connectivity index (χ1v) is 7.50. The second kappa shape index (κ2) is 3.92. The molecule has 1 aromatic rings. The van der Waals surface area contributed by atoms with Crippen LogP contribution in [-0.4, -0.2) is 35.0 Å². The molecule has 2 atom stereocenters. The quantitative estimate of drug-likeness (QED) is 0.865. The van der Waals surface area contributed by atoms with Gasteiger partial charge in [-0.1, -0.05) is 0 Å². The molecule has 1 saturated carbocycles. The van der Waals surface area contributed by atoms with Crippen molar-refractivity contribution in [1.82, 2.24) is 14.7 Å². The van der Waals surface area contributed by atoms with E-state index >= 15 is 0 Å². The molecule has 2 aliphatic heterocycles. The molecule has 92 valence electrons. The normalized spacial score (nSPS) is 32.8. The van der Waals surface area contributed by atoms with Crippen molar-refractivity contribution in [2.45, 2.75) is 37.6 Å². The Morgan fingerprint density at radius 2 is 2.18 bits per heavy atom. The third-order valence-corrected chi connectivity index (χ3v) is 5.07. The maximum absolute atomic E-state index is 4.76. The van der Waals surface area contributed by atoms with E-state index in [0.29, 0.717) is 12.0 Å². The van der Waals surface area contributed by atoms with Gasteiger partial charge in [-0.2, -0.15) is 4.37 Å². The maximum atomic E-state index is 4.76. The van der Waals surface area contributed by atoms with Crippen LogP contribution in [0.4, 0.5) is 5.13 Å². The Morgan fingerprint density at radius 3 is 3.06 bits per heavy atom. The lowest BCUT2D eigenvalue weighted by atomic mass is 9.92. The molecule has 0 amide bonds. The van der Waals surface area contributed by atoms with Gasteiger partial charge in [-0.3, -0.25) is 0 Å². The maximum Gasteiger partial charge on any atom is 0.205 e. The number of anilines is 1. The number of fused-ring (bicyclic) bond motifs is 1. The van der Waals surface area contributed by atoms with E-state index in [9.17, 15) is 0 Å². The SMILES string of the molecule is C1CC2CNCC2N(c2nc(C3CC3)ns2)C1. The smallest absolute Gasteiger partial charge is 0.205 e. The topological polar surface area (TPSA) is 41.0 Å². The first kappa shape index (κ1) is 10.3. The average Bonchev–Trinajstić information content (AvgIpc) is 2.93. The number of rotatable bonds is 2. The van der Waals surface area contributed by atoms with Crippen molar-refractivity contribution in [3.63, 3.8) is 0 Å². The van der Waals surface area contributed by atoms with Gasteiger partial charge in [0, 0.05) is 43.1 Å². The molecule has 1 aromatic heterocycles. The molecule has 2 saturated heterocycles.